The zero-order valence-corrected chi connectivity index (χ0v) is 15.1. The van der Waals surface area contributed by atoms with E-state index in [1.54, 1.807) is 18.4 Å². The topological polar surface area (TPSA) is 88.6 Å². The number of nitrogens with zero attached hydrogens (tertiary/aromatic N) is 2. The molecular formula is C14H23N3O4S2. The van der Waals surface area contributed by atoms with Crippen molar-refractivity contribution in [2.75, 3.05) is 33.0 Å². The molecule has 1 amide bonds. The molecule has 23 heavy (non-hydrogen) atoms. The summed E-state index contributed by atoms with van der Waals surface area (Å²) < 4.78 is 29.4. The Morgan fingerprint density at radius 3 is 2.78 bits per heavy atom. The van der Waals surface area contributed by atoms with Gasteiger partial charge in [-0.15, -0.1) is 11.3 Å². The molecule has 0 aromatic carbocycles. The van der Waals surface area contributed by atoms with Crippen LogP contribution in [0.2, 0.25) is 0 Å². The number of aromatic nitrogens is 1. The van der Waals surface area contributed by atoms with Gasteiger partial charge in [-0.1, -0.05) is 0 Å². The van der Waals surface area contributed by atoms with Gasteiger partial charge in [0.1, 0.15) is 5.01 Å². The molecule has 1 aromatic rings. The van der Waals surface area contributed by atoms with Crippen molar-refractivity contribution in [3.05, 3.63) is 16.1 Å². The minimum Gasteiger partial charge on any atom is -0.378 e. The number of sulfonamides is 1. The number of rotatable bonds is 7. The maximum absolute atomic E-state index is 12.1. The number of hydrogen-bond acceptors (Lipinski definition) is 6. The van der Waals surface area contributed by atoms with Gasteiger partial charge < -0.3 is 10.1 Å². The minimum atomic E-state index is -3.15. The average Bonchev–Trinajstić information content (AvgIpc) is 2.94. The van der Waals surface area contributed by atoms with E-state index in [1.165, 1.54) is 10.6 Å². The van der Waals surface area contributed by atoms with Crippen LogP contribution in [0.15, 0.2) is 5.38 Å². The van der Waals surface area contributed by atoms with Crippen LogP contribution in [0.5, 0.6) is 0 Å². The zero-order valence-electron chi connectivity index (χ0n) is 13.4. The highest BCUT2D eigenvalue weighted by atomic mass is 32.2. The lowest BCUT2D eigenvalue weighted by Gasteiger charge is -2.29. The van der Waals surface area contributed by atoms with Gasteiger partial charge in [0.05, 0.1) is 18.6 Å². The lowest BCUT2D eigenvalue weighted by atomic mass is 9.97. The van der Waals surface area contributed by atoms with Crippen molar-refractivity contribution in [1.29, 1.82) is 0 Å². The predicted octanol–water partition coefficient (Wildman–Crippen LogP) is 0.620. The summed E-state index contributed by atoms with van der Waals surface area (Å²) in [4.78, 5) is 16.6. The summed E-state index contributed by atoms with van der Waals surface area (Å²) in [5.74, 6) is -0.0991. The highest BCUT2D eigenvalue weighted by Gasteiger charge is 2.28. The number of carbonyl (C=O) groups excluding carboxylic acids is 1. The third-order valence-electron chi connectivity index (χ3n) is 3.84. The molecule has 0 bridgehead atoms. The molecule has 0 atom stereocenters. The number of ether oxygens (including phenoxy) is 1. The van der Waals surface area contributed by atoms with Crippen LogP contribution in [0.1, 0.15) is 23.5 Å². The van der Waals surface area contributed by atoms with E-state index in [1.807, 2.05) is 5.38 Å². The number of piperidine rings is 1. The molecule has 1 aliphatic heterocycles. The lowest BCUT2D eigenvalue weighted by Crippen LogP contribution is -2.42. The first kappa shape index (κ1) is 18.3. The van der Waals surface area contributed by atoms with Gasteiger partial charge in [0.25, 0.3) is 0 Å². The van der Waals surface area contributed by atoms with Gasteiger partial charge >= 0.3 is 0 Å². The summed E-state index contributed by atoms with van der Waals surface area (Å²) in [5, 5.41) is 5.83. The van der Waals surface area contributed by atoms with Crippen molar-refractivity contribution in [3.63, 3.8) is 0 Å². The molecule has 2 heterocycles. The molecule has 0 radical (unpaired) electrons. The Balaban J connectivity index is 1.71. The molecule has 0 unspecified atom stereocenters. The summed E-state index contributed by atoms with van der Waals surface area (Å²) in [5.41, 5.74) is 0.953. The van der Waals surface area contributed by atoms with E-state index in [9.17, 15) is 13.2 Å². The van der Waals surface area contributed by atoms with Crippen LogP contribution < -0.4 is 5.32 Å². The molecule has 0 saturated carbocycles. The van der Waals surface area contributed by atoms with Crippen molar-refractivity contribution in [2.45, 2.75) is 25.9 Å². The molecule has 7 nitrogen and oxygen atoms in total. The van der Waals surface area contributed by atoms with Crippen molar-refractivity contribution in [3.8, 4) is 0 Å². The van der Waals surface area contributed by atoms with Gasteiger partial charge in [-0.3, -0.25) is 4.79 Å². The standard InChI is InChI=1S/C14H23N3O4S2/c1-21-9-13-16-12(10-22-13)3-6-15-14(18)11-4-7-17(8-5-11)23(2,19)20/h10-11H,3-9H2,1-2H3,(H,15,18). The van der Waals surface area contributed by atoms with E-state index in [4.69, 9.17) is 4.74 Å². The molecule has 1 N–H and O–H groups in total. The number of nitrogens with one attached hydrogen (secondary N) is 1. The van der Waals surface area contributed by atoms with Gasteiger partial charge in [0, 0.05) is 44.5 Å². The highest BCUT2D eigenvalue weighted by Crippen LogP contribution is 2.19. The molecule has 2 rings (SSSR count). The van der Waals surface area contributed by atoms with Crippen molar-refractivity contribution in [1.82, 2.24) is 14.6 Å². The Kier molecular flexibility index (Phi) is 6.51. The Morgan fingerprint density at radius 1 is 1.48 bits per heavy atom. The Bertz CT molecular complexity index is 622. The number of amides is 1. The van der Waals surface area contributed by atoms with Crippen LogP contribution in [0.4, 0.5) is 0 Å². The molecule has 1 aromatic heterocycles. The fraction of sp³-hybridized carbons (Fsp3) is 0.714. The van der Waals surface area contributed by atoms with Gasteiger partial charge in [-0.05, 0) is 12.8 Å². The smallest absolute Gasteiger partial charge is 0.223 e. The van der Waals surface area contributed by atoms with Crippen LogP contribution >= 0.6 is 11.3 Å². The van der Waals surface area contributed by atoms with Gasteiger partial charge in [0.2, 0.25) is 15.9 Å². The van der Waals surface area contributed by atoms with Crippen molar-refractivity contribution in [2.24, 2.45) is 5.92 Å². The van der Waals surface area contributed by atoms with Crippen molar-refractivity contribution >= 4 is 27.3 Å². The third-order valence-corrected chi connectivity index (χ3v) is 6.02. The zero-order chi connectivity index (χ0) is 16.9. The Labute approximate surface area is 141 Å². The van der Waals surface area contributed by atoms with E-state index >= 15 is 0 Å². The number of methoxy groups -OCH3 is 1. The van der Waals surface area contributed by atoms with Crippen LogP contribution in [0, 0.1) is 5.92 Å². The van der Waals surface area contributed by atoms with Gasteiger partial charge in [0.15, 0.2) is 0 Å². The molecule has 1 saturated heterocycles. The molecule has 0 aliphatic carbocycles. The predicted molar refractivity (Wildman–Crippen MR) is 88.7 cm³/mol. The molecule has 130 valence electrons. The number of hydrogen-bond donors (Lipinski definition) is 1. The van der Waals surface area contributed by atoms with E-state index in [2.05, 4.69) is 10.3 Å². The normalized spacial score (nSPS) is 17.3. The van der Waals surface area contributed by atoms with E-state index in [0.29, 0.717) is 45.5 Å². The lowest BCUT2D eigenvalue weighted by molar-refractivity contribution is -0.126. The van der Waals surface area contributed by atoms with Gasteiger partial charge in [-0.2, -0.15) is 0 Å². The maximum Gasteiger partial charge on any atom is 0.223 e. The monoisotopic (exact) mass is 361 g/mol. The van der Waals surface area contributed by atoms with Crippen LogP contribution in [-0.2, 0) is 32.6 Å². The summed E-state index contributed by atoms with van der Waals surface area (Å²) in [6.07, 6.45) is 3.05. The Hall–Kier alpha value is -1.03. The quantitative estimate of drug-likeness (QED) is 0.769. The molecule has 0 spiro atoms. The molecule has 1 fully saturated rings. The van der Waals surface area contributed by atoms with E-state index in [0.717, 1.165) is 10.7 Å². The fourth-order valence-corrected chi connectivity index (χ4v) is 4.23. The third kappa shape index (κ3) is 5.52. The fourth-order valence-electron chi connectivity index (χ4n) is 2.56. The number of carbonyl (C=O) groups is 1. The van der Waals surface area contributed by atoms with Gasteiger partial charge in [-0.25, -0.2) is 17.7 Å². The maximum atomic E-state index is 12.1. The average molecular weight is 361 g/mol. The summed E-state index contributed by atoms with van der Waals surface area (Å²) >= 11 is 1.55. The summed E-state index contributed by atoms with van der Waals surface area (Å²) in [6.45, 7) is 1.89. The second-order valence-corrected chi connectivity index (χ2v) is 8.57. The second-order valence-electron chi connectivity index (χ2n) is 5.64. The SMILES string of the molecule is COCc1nc(CCNC(=O)C2CCN(S(C)(=O)=O)CC2)cs1. The van der Waals surface area contributed by atoms with Crippen LogP contribution in [-0.4, -0.2) is 56.6 Å². The first-order valence-corrected chi connectivity index (χ1v) is 10.3. The first-order chi connectivity index (χ1) is 10.9. The largest absolute Gasteiger partial charge is 0.378 e. The summed E-state index contributed by atoms with van der Waals surface area (Å²) in [6, 6.07) is 0. The van der Waals surface area contributed by atoms with Crippen LogP contribution in [0.25, 0.3) is 0 Å². The highest BCUT2D eigenvalue weighted by molar-refractivity contribution is 7.88. The second kappa shape index (κ2) is 8.18. The van der Waals surface area contributed by atoms with Crippen LogP contribution in [0.3, 0.4) is 0 Å². The first-order valence-electron chi connectivity index (χ1n) is 7.55. The molecule has 1 aliphatic rings. The molecule has 9 heteroatoms. The van der Waals surface area contributed by atoms with E-state index < -0.39 is 10.0 Å². The Morgan fingerprint density at radius 2 is 2.17 bits per heavy atom. The minimum absolute atomic E-state index is 0.00509. The van der Waals surface area contributed by atoms with E-state index in [-0.39, 0.29) is 11.8 Å². The molecular weight excluding hydrogens is 338 g/mol. The van der Waals surface area contributed by atoms with Crippen molar-refractivity contribution < 1.29 is 17.9 Å². The summed E-state index contributed by atoms with van der Waals surface area (Å²) in [7, 11) is -1.51. The number of thiazole rings is 1.